The van der Waals surface area contributed by atoms with Crippen LogP contribution >= 0.6 is 0 Å². The van der Waals surface area contributed by atoms with E-state index in [1.165, 1.54) is 13.0 Å². The quantitative estimate of drug-likeness (QED) is 0.653. The highest BCUT2D eigenvalue weighted by Gasteiger charge is 2.69. The Hall–Kier alpha value is -1.59. The van der Waals surface area contributed by atoms with Crippen LogP contribution in [0.4, 0.5) is 8.78 Å². The van der Waals surface area contributed by atoms with Gasteiger partial charge in [-0.15, -0.1) is 0 Å². The number of rotatable bonds is 3. The van der Waals surface area contributed by atoms with E-state index in [1.807, 2.05) is 6.92 Å². The Morgan fingerprint density at radius 2 is 1.90 bits per heavy atom. The summed E-state index contributed by atoms with van der Waals surface area (Å²) in [5.74, 6) is -1.54. The summed E-state index contributed by atoms with van der Waals surface area (Å²) in [4.78, 5) is 35.7. The Bertz CT molecular complexity index is 792. The van der Waals surface area contributed by atoms with E-state index in [2.05, 4.69) is 0 Å². The van der Waals surface area contributed by atoms with E-state index in [0.717, 1.165) is 0 Å². The van der Waals surface area contributed by atoms with Gasteiger partial charge in [0.05, 0.1) is 0 Å². The van der Waals surface area contributed by atoms with Gasteiger partial charge < -0.3 is 4.74 Å². The van der Waals surface area contributed by atoms with E-state index in [0.29, 0.717) is 31.3 Å². The predicted molar refractivity (Wildman–Crippen MR) is 102 cm³/mol. The van der Waals surface area contributed by atoms with Crippen molar-refractivity contribution in [3.8, 4) is 0 Å². The fraction of sp³-hybridized carbons (Fsp3) is 0.783. The number of hydrogen-bond donors (Lipinski definition) is 0. The van der Waals surface area contributed by atoms with Crippen LogP contribution in [0, 0.1) is 28.6 Å². The molecule has 3 saturated carbocycles. The smallest absolute Gasteiger partial charge is 0.303 e. The minimum absolute atomic E-state index is 0.0797. The fourth-order valence-electron chi connectivity index (χ4n) is 7.23. The van der Waals surface area contributed by atoms with Gasteiger partial charge in [-0.3, -0.25) is 14.4 Å². The molecule has 7 atom stereocenters. The van der Waals surface area contributed by atoms with E-state index in [-0.39, 0.29) is 49.3 Å². The van der Waals surface area contributed by atoms with Crippen molar-refractivity contribution >= 4 is 17.5 Å². The minimum Gasteiger partial charge on any atom is -0.458 e. The molecule has 0 aromatic carbocycles. The monoisotopic (exact) mass is 408 g/mol. The molecular formula is C23H30F2O4. The maximum atomic E-state index is 16.8. The lowest BCUT2D eigenvalue weighted by molar-refractivity contribution is -0.163. The van der Waals surface area contributed by atoms with Crippen molar-refractivity contribution in [2.75, 3.05) is 6.61 Å². The highest BCUT2D eigenvalue weighted by Crippen LogP contribution is 2.69. The van der Waals surface area contributed by atoms with Crippen LogP contribution in [0.25, 0.3) is 0 Å². The van der Waals surface area contributed by atoms with Crippen molar-refractivity contribution in [3.63, 3.8) is 0 Å². The van der Waals surface area contributed by atoms with Crippen molar-refractivity contribution < 1.29 is 27.9 Å². The zero-order valence-electron chi connectivity index (χ0n) is 17.4. The first kappa shape index (κ1) is 20.7. The summed E-state index contributed by atoms with van der Waals surface area (Å²) in [6.45, 7) is 4.86. The number of carbonyl (C=O) groups excluding carboxylic acids is 3. The molecule has 0 radical (unpaired) electrons. The molecular weight excluding hydrogens is 378 g/mol. The first-order chi connectivity index (χ1) is 13.5. The summed E-state index contributed by atoms with van der Waals surface area (Å²) in [6, 6.07) is 0. The molecule has 0 aromatic heterocycles. The minimum atomic E-state index is -1.56. The largest absolute Gasteiger partial charge is 0.458 e. The van der Waals surface area contributed by atoms with Crippen molar-refractivity contribution in [3.05, 3.63) is 11.6 Å². The molecule has 4 aliphatic rings. The second kappa shape index (κ2) is 6.71. The van der Waals surface area contributed by atoms with Gasteiger partial charge in [0.2, 0.25) is 0 Å². The molecule has 29 heavy (non-hydrogen) atoms. The van der Waals surface area contributed by atoms with E-state index in [9.17, 15) is 14.4 Å². The Balaban J connectivity index is 1.65. The molecule has 4 nitrogen and oxygen atoms in total. The molecule has 0 aliphatic heterocycles. The highest BCUT2D eigenvalue weighted by atomic mass is 19.1. The summed E-state index contributed by atoms with van der Waals surface area (Å²) >= 11 is 0. The van der Waals surface area contributed by atoms with Crippen LogP contribution in [0.15, 0.2) is 11.6 Å². The standard InChI is InChI=1S/C23H30F2O4/c1-13(26)29-12-20(28)16-5-4-15-17-11-19(24)18-10-14(27)6-7-22(18,3)23(17,25)9-8-21(15,16)2/h10,15-17,19H,4-9,11-12H2,1-3H3/t15-,16+,17-,19?,21-,22-,23+/m0/s1. The number of hydrogen-bond acceptors (Lipinski definition) is 4. The molecule has 0 bridgehead atoms. The van der Waals surface area contributed by atoms with Crippen molar-refractivity contribution in [2.45, 2.75) is 77.6 Å². The number of ketones is 2. The molecule has 0 saturated heterocycles. The van der Waals surface area contributed by atoms with Gasteiger partial charge in [-0.1, -0.05) is 13.8 Å². The third-order valence-corrected chi connectivity index (χ3v) is 8.86. The maximum Gasteiger partial charge on any atom is 0.303 e. The number of allylic oxidation sites excluding steroid dienone is 1. The molecule has 3 fully saturated rings. The molecule has 160 valence electrons. The van der Waals surface area contributed by atoms with Crippen molar-refractivity contribution in [1.82, 2.24) is 0 Å². The summed E-state index contributed by atoms with van der Waals surface area (Å²) in [6.07, 6.45) is 2.88. The topological polar surface area (TPSA) is 60.4 Å². The van der Waals surface area contributed by atoms with E-state index in [4.69, 9.17) is 4.74 Å². The average Bonchev–Trinajstić information content (AvgIpc) is 3.01. The molecule has 4 rings (SSSR count). The first-order valence-electron chi connectivity index (χ1n) is 10.8. The number of fused-ring (bicyclic) bond motifs is 5. The summed E-state index contributed by atoms with van der Waals surface area (Å²) < 4.78 is 36.9. The maximum absolute atomic E-state index is 16.8. The molecule has 0 N–H and O–H groups in total. The van der Waals surface area contributed by atoms with Gasteiger partial charge in [-0.05, 0) is 61.5 Å². The van der Waals surface area contributed by atoms with Crippen LogP contribution < -0.4 is 0 Å². The molecule has 1 unspecified atom stereocenters. The molecule has 0 aromatic rings. The molecule has 0 heterocycles. The van der Waals surface area contributed by atoms with Crippen LogP contribution in [0.1, 0.15) is 65.7 Å². The normalized spacial score (nSPS) is 46.2. The second-order valence-corrected chi connectivity index (χ2v) is 10.1. The second-order valence-electron chi connectivity index (χ2n) is 10.1. The number of esters is 1. The van der Waals surface area contributed by atoms with Crippen LogP contribution in [-0.2, 0) is 19.1 Å². The Labute approximate surface area is 170 Å². The number of alkyl halides is 2. The lowest BCUT2D eigenvalue weighted by Crippen LogP contribution is -2.63. The van der Waals surface area contributed by atoms with Crippen LogP contribution in [-0.4, -0.2) is 36.0 Å². The van der Waals surface area contributed by atoms with Gasteiger partial charge in [0.15, 0.2) is 11.6 Å². The summed E-state index contributed by atoms with van der Waals surface area (Å²) in [7, 11) is 0. The van der Waals surface area contributed by atoms with E-state index >= 15 is 8.78 Å². The van der Waals surface area contributed by atoms with Gasteiger partial charge in [0.25, 0.3) is 0 Å². The van der Waals surface area contributed by atoms with E-state index < -0.39 is 34.6 Å². The molecule has 0 amide bonds. The average molecular weight is 408 g/mol. The third kappa shape index (κ3) is 2.84. The summed E-state index contributed by atoms with van der Waals surface area (Å²) in [5.41, 5.74) is -2.57. The fourth-order valence-corrected chi connectivity index (χ4v) is 7.23. The van der Waals surface area contributed by atoms with Gasteiger partial charge in [-0.2, -0.15) is 0 Å². The predicted octanol–water partition coefficient (Wildman–Crippen LogP) is 4.31. The van der Waals surface area contributed by atoms with Gasteiger partial charge in [0.1, 0.15) is 18.4 Å². The Morgan fingerprint density at radius 1 is 1.17 bits per heavy atom. The number of carbonyl (C=O) groups is 3. The lowest BCUT2D eigenvalue weighted by atomic mass is 9.45. The van der Waals surface area contributed by atoms with Crippen LogP contribution in [0.2, 0.25) is 0 Å². The lowest BCUT2D eigenvalue weighted by Gasteiger charge is -2.61. The first-order valence-corrected chi connectivity index (χ1v) is 10.8. The molecule has 4 aliphatic carbocycles. The SMILES string of the molecule is CC(=O)OCC(=O)[C@H]1CC[C@H]2[C@@H]3CC(F)C4=CC(=O)CC[C@]4(C)[C@@]3(F)CC[C@]12C. The van der Waals surface area contributed by atoms with Gasteiger partial charge in [-0.25, -0.2) is 8.78 Å². The number of ether oxygens (including phenoxy) is 1. The number of Topliss-reactive ketones (excluding diaryl/α,β-unsaturated/α-hetero) is 1. The zero-order valence-corrected chi connectivity index (χ0v) is 17.4. The number of halogens is 2. The molecule has 6 heteroatoms. The van der Waals surface area contributed by atoms with Crippen LogP contribution in [0.5, 0.6) is 0 Å². The van der Waals surface area contributed by atoms with Crippen molar-refractivity contribution in [2.24, 2.45) is 28.6 Å². The van der Waals surface area contributed by atoms with Gasteiger partial charge >= 0.3 is 5.97 Å². The Kier molecular flexibility index (Phi) is 4.78. The Morgan fingerprint density at radius 3 is 2.59 bits per heavy atom. The van der Waals surface area contributed by atoms with Crippen molar-refractivity contribution in [1.29, 1.82) is 0 Å². The third-order valence-electron chi connectivity index (χ3n) is 8.86. The van der Waals surface area contributed by atoms with E-state index in [1.54, 1.807) is 6.92 Å². The zero-order chi connectivity index (χ0) is 21.2. The highest BCUT2D eigenvalue weighted by molar-refractivity contribution is 5.92. The molecule has 0 spiro atoms. The van der Waals surface area contributed by atoms with Gasteiger partial charge in [0, 0.05) is 30.6 Å². The summed E-state index contributed by atoms with van der Waals surface area (Å²) in [5, 5.41) is 0. The van der Waals surface area contributed by atoms with Crippen LogP contribution in [0.3, 0.4) is 0 Å².